The van der Waals surface area contributed by atoms with Gasteiger partial charge in [-0.05, 0) is 26.8 Å². The van der Waals surface area contributed by atoms with E-state index in [9.17, 15) is 0 Å². The molecule has 7 nitrogen and oxygen atoms in total. The van der Waals surface area contributed by atoms with Gasteiger partial charge in [0.2, 0.25) is 0 Å². The maximum Gasteiger partial charge on any atom is 0.414 e. The van der Waals surface area contributed by atoms with Crippen molar-refractivity contribution in [1.82, 2.24) is 10.3 Å². The van der Waals surface area contributed by atoms with E-state index >= 15 is 0 Å². The molecule has 0 spiro atoms. The molecular weight excluding hydrogens is 356 g/mol. The number of benzene rings is 1. The second-order valence-electron chi connectivity index (χ2n) is 5.57. The van der Waals surface area contributed by atoms with Crippen molar-refractivity contribution in [2.24, 2.45) is 0 Å². The van der Waals surface area contributed by atoms with Crippen molar-refractivity contribution in [3.8, 4) is 10.6 Å². The fourth-order valence-corrected chi connectivity index (χ4v) is 2.66. The highest BCUT2D eigenvalue weighted by Gasteiger charge is 2.04. The van der Waals surface area contributed by atoms with Crippen LogP contribution in [0.4, 0.5) is 0 Å². The molecule has 0 saturated carbocycles. The lowest BCUT2D eigenvalue weighted by atomic mass is 10.2. The molecule has 0 fully saturated rings. The fraction of sp³-hybridized carbons (Fsp3) is 0.389. The molecule has 0 bridgehead atoms. The summed E-state index contributed by atoms with van der Waals surface area (Å²) in [6.45, 7) is 6.73. The number of thiazole rings is 1. The van der Waals surface area contributed by atoms with Crippen molar-refractivity contribution in [3.05, 3.63) is 41.4 Å². The van der Waals surface area contributed by atoms with Gasteiger partial charge in [0.1, 0.15) is 5.01 Å². The van der Waals surface area contributed by atoms with Gasteiger partial charge in [-0.25, -0.2) is 14.6 Å². The van der Waals surface area contributed by atoms with Crippen LogP contribution in [0, 0.1) is 0 Å². The number of aromatic nitrogens is 1. The predicted molar refractivity (Wildman–Crippen MR) is 100 cm³/mol. The summed E-state index contributed by atoms with van der Waals surface area (Å²) in [5.41, 5.74) is 2.30. The van der Waals surface area contributed by atoms with Crippen molar-refractivity contribution >= 4 is 23.3 Å². The van der Waals surface area contributed by atoms with Gasteiger partial charge in [-0.15, -0.1) is 11.3 Å². The minimum absolute atomic E-state index is 0.321. The Morgan fingerprint density at radius 1 is 1.19 bits per heavy atom. The third-order valence-corrected chi connectivity index (χ3v) is 3.95. The second kappa shape index (κ2) is 12.1. The Balaban J connectivity index is 0.000000487. The molecule has 0 radical (unpaired) electrons. The minimum Gasteiger partial charge on any atom is -0.473 e. The Hall–Kier alpha value is -2.29. The van der Waals surface area contributed by atoms with Crippen molar-refractivity contribution in [2.45, 2.75) is 32.9 Å². The Morgan fingerprint density at radius 3 is 2.42 bits per heavy atom. The molecule has 0 atom stereocenters. The van der Waals surface area contributed by atoms with Gasteiger partial charge in [0.05, 0.1) is 11.8 Å². The molecular formula is C18H24N2O5S. The highest BCUT2D eigenvalue weighted by molar-refractivity contribution is 7.13. The molecule has 0 amide bonds. The van der Waals surface area contributed by atoms with Crippen LogP contribution in [0.1, 0.15) is 26.0 Å². The van der Waals surface area contributed by atoms with Crippen molar-refractivity contribution < 1.29 is 24.5 Å². The van der Waals surface area contributed by atoms with E-state index in [1.165, 1.54) is 5.56 Å². The number of nitrogens with one attached hydrogen (secondary N) is 1. The van der Waals surface area contributed by atoms with E-state index in [0.717, 1.165) is 36.8 Å². The lowest BCUT2D eigenvalue weighted by Gasteiger charge is -2.07. The molecule has 0 unspecified atom stereocenters. The van der Waals surface area contributed by atoms with E-state index in [4.69, 9.17) is 24.5 Å². The number of rotatable bonds is 8. The minimum atomic E-state index is -1.82. The third-order valence-electron chi connectivity index (χ3n) is 3.01. The molecule has 0 saturated heterocycles. The Bertz CT molecular complexity index is 661. The number of carboxylic acids is 2. The van der Waals surface area contributed by atoms with E-state index in [0.29, 0.717) is 6.10 Å². The SMILES string of the molecule is CC(C)OCCCNCc1csc(-c2ccccc2)n1.O=C(O)C(=O)O. The van der Waals surface area contributed by atoms with Crippen LogP contribution in [0.3, 0.4) is 0 Å². The van der Waals surface area contributed by atoms with E-state index in [1.54, 1.807) is 11.3 Å². The third kappa shape index (κ3) is 9.26. The van der Waals surface area contributed by atoms with Crippen LogP contribution >= 0.6 is 11.3 Å². The zero-order chi connectivity index (χ0) is 19.4. The maximum atomic E-state index is 9.10. The van der Waals surface area contributed by atoms with Gasteiger partial charge in [-0.2, -0.15) is 0 Å². The first-order chi connectivity index (χ1) is 12.4. The Labute approximate surface area is 156 Å². The normalized spacial score (nSPS) is 10.3. The average molecular weight is 380 g/mol. The van der Waals surface area contributed by atoms with E-state index < -0.39 is 11.9 Å². The van der Waals surface area contributed by atoms with Crippen molar-refractivity contribution in [2.75, 3.05) is 13.2 Å². The first-order valence-electron chi connectivity index (χ1n) is 8.18. The molecule has 142 valence electrons. The van der Waals surface area contributed by atoms with Gasteiger partial charge >= 0.3 is 11.9 Å². The van der Waals surface area contributed by atoms with Gasteiger partial charge < -0.3 is 20.3 Å². The number of ether oxygens (including phenoxy) is 1. The maximum absolute atomic E-state index is 9.10. The van der Waals surface area contributed by atoms with Gasteiger partial charge in [0, 0.05) is 24.1 Å². The van der Waals surface area contributed by atoms with E-state index in [-0.39, 0.29) is 0 Å². The van der Waals surface area contributed by atoms with Crippen LogP contribution in [0.15, 0.2) is 35.7 Å². The first kappa shape index (κ1) is 21.8. The van der Waals surface area contributed by atoms with Crippen LogP contribution < -0.4 is 5.32 Å². The summed E-state index contributed by atoms with van der Waals surface area (Å²) in [6.07, 6.45) is 1.36. The number of carbonyl (C=O) groups is 2. The number of hydrogen-bond donors (Lipinski definition) is 3. The molecule has 1 aromatic carbocycles. The van der Waals surface area contributed by atoms with Gasteiger partial charge in [-0.1, -0.05) is 30.3 Å². The lowest BCUT2D eigenvalue weighted by Crippen LogP contribution is -2.17. The standard InChI is InChI=1S/C16H22N2OS.C2H2O4/c1-13(2)19-10-6-9-17-11-15-12-20-16(18-15)14-7-4-3-5-8-14;3-1(4)2(5)6/h3-5,7-8,12-13,17H,6,9-11H2,1-2H3;(H,3,4)(H,5,6). The second-order valence-corrected chi connectivity index (χ2v) is 6.43. The summed E-state index contributed by atoms with van der Waals surface area (Å²) >= 11 is 1.70. The molecule has 2 aromatic rings. The molecule has 0 aliphatic rings. The summed E-state index contributed by atoms with van der Waals surface area (Å²) in [5, 5.41) is 21.4. The number of carboxylic acid groups (broad SMARTS) is 2. The van der Waals surface area contributed by atoms with E-state index in [1.807, 2.05) is 18.2 Å². The van der Waals surface area contributed by atoms with Crippen LogP contribution in [0.5, 0.6) is 0 Å². The predicted octanol–water partition coefficient (Wildman–Crippen LogP) is 2.87. The first-order valence-corrected chi connectivity index (χ1v) is 9.06. The van der Waals surface area contributed by atoms with Crippen molar-refractivity contribution in [1.29, 1.82) is 0 Å². The summed E-state index contributed by atoms with van der Waals surface area (Å²) in [5.74, 6) is -3.65. The molecule has 1 aromatic heterocycles. The number of hydrogen-bond acceptors (Lipinski definition) is 6. The highest BCUT2D eigenvalue weighted by Crippen LogP contribution is 2.23. The van der Waals surface area contributed by atoms with Crippen LogP contribution in [0.2, 0.25) is 0 Å². The van der Waals surface area contributed by atoms with Crippen molar-refractivity contribution in [3.63, 3.8) is 0 Å². The topological polar surface area (TPSA) is 109 Å². The van der Waals surface area contributed by atoms with Crippen LogP contribution in [-0.4, -0.2) is 46.4 Å². The Kier molecular flexibility index (Phi) is 10.1. The molecule has 0 aliphatic carbocycles. The summed E-state index contributed by atoms with van der Waals surface area (Å²) in [4.78, 5) is 22.9. The summed E-state index contributed by atoms with van der Waals surface area (Å²) in [6, 6.07) is 10.3. The zero-order valence-corrected chi connectivity index (χ0v) is 15.7. The zero-order valence-electron chi connectivity index (χ0n) is 14.8. The smallest absolute Gasteiger partial charge is 0.414 e. The monoisotopic (exact) mass is 380 g/mol. The van der Waals surface area contributed by atoms with Crippen LogP contribution in [-0.2, 0) is 20.9 Å². The van der Waals surface area contributed by atoms with Gasteiger partial charge in [0.15, 0.2) is 0 Å². The van der Waals surface area contributed by atoms with Gasteiger partial charge in [0.25, 0.3) is 0 Å². The molecule has 26 heavy (non-hydrogen) atoms. The summed E-state index contributed by atoms with van der Waals surface area (Å²) < 4.78 is 5.50. The van der Waals surface area contributed by atoms with Gasteiger partial charge in [-0.3, -0.25) is 0 Å². The average Bonchev–Trinajstić information content (AvgIpc) is 3.08. The number of nitrogens with zero attached hydrogens (tertiary/aromatic N) is 1. The fourth-order valence-electron chi connectivity index (χ4n) is 1.83. The highest BCUT2D eigenvalue weighted by atomic mass is 32.1. The Morgan fingerprint density at radius 2 is 1.85 bits per heavy atom. The largest absolute Gasteiger partial charge is 0.473 e. The molecule has 0 aliphatic heterocycles. The molecule has 1 heterocycles. The molecule has 3 N–H and O–H groups in total. The van der Waals surface area contributed by atoms with Crippen LogP contribution in [0.25, 0.3) is 10.6 Å². The molecule has 8 heteroatoms. The van der Waals surface area contributed by atoms with E-state index in [2.05, 4.69) is 41.7 Å². The lowest BCUT2D eigenvalue weighted by molar-refractivity contribution is -0.159. The number of aliphatic carboxylic acids is 2. The quantitative estimate of drug-likeness (QED) is 0.477. The molecule has 2 rings (SSSR count). The summed E-state index contributed by atoms with van der Waals surface area (Å²) in [7, 11) is 0.